The quantitative estimate of drug-likeness (QED) is 0.372. The van der Waals surface area contributed by atoms with Crippen LogP contribution in [0.5, 0.6) is 5.75 Å². The first-order chi connectivity index (χ1) is 14.7. The van der Waals surface area contributed by atoms with Crippen LogP contribution in [0.3, 0.4) is 0 Å². The summed E-state index contributed by atoms with van der Waals surface area (Å²) < 4.78 is 5.26. The van der Waals surface area contributed by atoms with Gasteiger partial charge in [0, 0.05) is 11.1 Å². The number of hydrogen-bond acceptors (Lipinski definition) is 4. The van der Waals surface area contributed by atoms with Gasteiger partial charge in [-0.2, -0.15) is 10.2 Å². The average molecular weight is 396 g/mol. The second kappa shape index (κ2) is 8.87. The summed E-state index contributed by atoms with van der Waals surface area (Å²) in [7, 11) is 1.59. The summed E-state index contributed by atoms with van der Waals surface area (Å²) in [6.45, 7) is 0. The number of amides is 1. The van der Waals surface area contributed by atoms with Crippen molar-refractivity contribution in [2.45, 2.75) is 0 Å². The molecule has 2 N–H and O–H groups in total. The third kappa shape index (κ3) is 4.28. The van der Waals surface area contributed by atoms with E-state index >= 15 is 0 Å². The minimum absolute atomic E-state index is 0.328. The van der Waals surface area contributed by atoms with Gasteiger partial charge >= 0.3 is 0 Å². The number of aromatic amines is 1. The molecule has 0 aliphatic carbocycles. The van der Waals surface area contributed by atoms with Crippen LogP contribution >= 0.6 is 0 Å². The fraction of sp³-hybridized carbons (Fsp3) is 0.0417. The van der Waals surface area contributed by atoms with E-state index in [2.05, 4.69) is 32.9 Å². The second-order valence-electron chi connectivity index (χ2n) is 6.55. The van der Waals surface area contributed by atoms with Crippen LogP contribution in [0.1, 0.15) is 16.1 Å². The minimum atomic E-state index is -0.374. The summed E-state index contributed by atoms with van der Waals surface area (Å²) in [6, 6.07) is 27.3. The Labute approximate surface area is 174 Å². The number of ether oxygens (including phenoxy) is 1. The van der Waals surface area contributed by atoms with Gasteiger partial charge in [0.1, 0.15) is 11.4 Å². The number of methoxy groups -OCH3 is 1. The van der Waals surface area contributed by atoms with E-state index < -0.39 is 0 Å². The highest BCUT2D eigenvalue weighted by Crippen LogP contribution is 2.24. The topological polar surface area (TPSA) is 79.4 Å². The molecule has 0 unspecified atom stereocenters. The van der Waals surface area contributed by atoms with Crippen LogP contribution in [0.25, 0.3) is 22.4 Å². The molecular weight excluding hydrogens is 376 g/mol. The molecule has 0 saturated carbocycles. The summed E-state index contributed by atoms with van der Waals surface area (Å²) in [6.07, 6.45) is 1.54. The maximum atomic E-state index is 12.3. The van der Waals surface area contributed by atoms with Gasteiger partial charge in [0.05, 0.1) is 19.0 Å². The molecule has 1 amide bonds. The predicted octanol–water partition coefficient (Wildman–Crippen LogP) is 4.52. The van der Waals surface area contributed by atoms with Gasteiger partial charge in [0.25, 0.3) is 5.91 Å². The molecule has 0 fully saturated rings. The lowest BCUT2D eigenvalue weighted by Crippen LogP contribution is -2.18. The highest BCUT2D eigenvalue weighted by molar-refractivity contribution is 5.94. The first kappa shape index (κ1) is 19.1. The predicted molar refractivity (Wildman–Crippen MR) is 118 cm³/mol. The first-order valence-electron chi connectivity index (χ1n) is 9.42. The van der Waals surface area contributed by atoms with Crippen LogP contribution in [0.2, 0.25) is 0 Å². The molecule has 4 aromatic rings. The van der Waals surface area contributed by atoms with E-state index in [-0.39, 0.29) is 5.91 Å². The lowest BCUT2D eigenvalue weighted by Gasteiger charge is -2.03. The van der Waals surface area contributed by atoms with Gasteiger partial charge in [-0.15, -0.1) is 0 Å². The Bertz CT molecular complexity index is 1170. The van der Waals surface area contributed by atoms with E-state index in [9.17, 15) is 4.79 Å². The van der Waals surface area contributed by atoms with E-state index in [4.69, 9.17) is 4.74 Å². The van der Waals surface area contributed by atoms with Crippen molar-refractivity contribution in [2.75, 3.05) is 7.11 Å². The van der Waals surface area contributed by atoms with Gasteiger partial charge in [-0.1, -0.05) is 66.7 Å². The van der Waals surface area contributed by atoms with Crippen molar-refractivity contribution in [2.24, 2.45) is 5.10 Å². The van der Waals surface area contributed by atoms with Crippen LogP contribution in [0, 0.1) is 0 Å². The fourth-order valence-electron chi connectivity index (χ4n) is 3.04. The number of aromatic nitrogens is 2. The summed E-state index contributed by atoms with van der Waals surface area (Å²) in [5.74, 6) is 0.305. The molecule has 30 heavy (non-hydrogen) atoms. The van der Waals surface area contributed by atoms with Gasteiger partial charge in [-0.3, -0.25) is 9.89 Å². The lowest BCUT2D eigenvalue weighted by molar-refractivity contribution is 0.0950. The van der Waals surface area contributed by atoms with Crippen molar-refractivity contribution in [3.63, 3.8) is 0 Å². The van der Waals surface area contributed by atoms with Crippen molar-refractivity contribution in [3.05, 3.63) is 96.2 Å². The zero-order valence-electron chi connectivity index (χ0n) is 16.4. The third-order valence-electron chi connectivity index (χ3n) is 4.62. The molecule has 3 aromatic carbocycles. The van der Waals surface area contributed by atoms with Crippen LogP contribution in [-0.2, 0) is 0 Å². The standard InChI is InChI=1S/C24H20N4O2/c1-30-23-10-6-5-9-20(23)16-25-28-24(29)22-15-21(26-27-22)19-13-11-18(12-14-19)17-7-3-2-4-8-17/h2-16H,1H3,(H,26,27)(H,28,29)/b25-16+. The molecule has 4 rings (SSSR count). The molecule has 148 valence electrons. The Balaban J connectivity index is 1.43. The number of hydrogen-bond donors (Lipinski definition) is 2. The number of carbonyl (C=O) groups excluding carboxylic acids is 1. The number of hydrazone groups is 1. The Morgan fingerprint density at radius 2 is 1.60 bits per heavy atom. The van der Waals surface area contributed by atoms with Gasteiger partial charge < -0.3 is 4.74 Å². The number of H-pyrrole nitrogens is 1. The van der Waals surface area contributed by atoms with Crippen LogP contribution in [-0.4, -0.2) is 29.4 Å². The van der Waals surface area contributed by atoms with E-state index in [0.29, 0.717) is 17.1 Å². The SMILES string of the molecule is COc1ccccc1/C=N/NC(=O)c1cc(-c2ccc(-c3ccccc3)cc2)n[nH]1. The Morgan fingerprint density at radius 1 is 0.933 bits per heavy atom. The molecule has 6 heteroatoms. The van der Waals surface area contributed by atoms with Crippen LogP contribution < -0.4 is 10.2 Å². The summed E-state index contributed by atoms with van der Waals surface area (Å²) >= 11 is 0. The Kier molecular flexibility index (Phi) is 5.66. The maximum Gasteiger partial charge on any atom is 0.289 e. The molecule has 0 saturated heterocycles. The largest absolute Gasteiger partial charge is 0.496 e. The summed E-state index contributed by atoms with van der Waals surface area (Å²) in [5, 5.41) is 11.0. The van der Waals surface area contributed by atoms with E-state index in [0.717, 1.165) is 22.3 Å². The highest BCUT2D eigenvalue weighted by atomic mass is 16.5. The first-order valence-corrected chi connectivity index (χ1v) is 9.42. The van der Waals surface area contributed by atoms with E-state index in [1.54, 1.807) is 13.2 Å². The number of rotatable bonds is 6. The van der Waals surface area contributed by atoms with E-state index in [1.807, 2.05) is 66.7 Å². The van der Waals surface area contributed by atoms with E-state index in [1.165, 1.54) is 6.21 Å². The smallest absolute Gasteiger partial charge is 0.289 e. The summed E-state index contributed by atoms with van der Waals surface area (Å²) in [4.78, 5) is 12.3. The second-order valence-corrected chi connectivity index (χ2v) is 6.55. The molecule has 6 nitrogen and oxygen atoms in total. The molecule has 0 radical (unpaired) electrons. The van der Waals surface area contributed by atoms with Gasteiger partial charge in [-0.25, -0.2) is 5.43 Å². The number of benzene rings is 3. The van der Waals surface area contributed by atoms with Crippen molar-refractivity contribution in [1.29, 1.82) is 0 Å². The zero-order valence-corrected chi connectivity index (χ0v) is 16.4. The lowest BCUT2D eigenvalue weighted by atomic mass is 10.0. The molecule has 0 spiro atoms. The minimum Gasteiger partial charge on any atom is -0.496 e. The number of nitrogens with one attached hydrogen (secondary N) is 2. The van der Waals surface area contributed by atoms with Crippen molar-refractivity contribution in [3.8, 4) is 28.1 Å². The van der Waals surface area contributed by atoms with Crippen molar-refractivity contribution in [1.82, 2.24) is 15.6 Å². The number of para-hydroxylation sites is 1. The molecule has 0 aliphatic rings. The van der Waals surface area contributed by atoms with Crippen molar-refractivity contribution < 1.29 is 9.53 Å². The Morgan fingerprint density at radius 3 is 2.37 bits per heavy atom. The maximum absolute atomic E-state index is 12.3. The highest BCUT2D eigenvalue weighted by Gasteiger charge is 2.11. The monoisotopic (exact) mass is 396 g/mol. The number of nitrogens with zero attached hydrogens (tertiary/aromatic N) is 2. The summed E-state index contributed by atoms with van der Waals surface area (Å²) in [5.41, 5.74) is 7.48. The van der Waals surface area contributed by atoms with Crippen LogP contribution in [0.4, 0.5) is 0 Å². The third-order valence-corrected chi connectivity index (χ3v) is 4.62. The molecule has 0 bridgehead atoms. The average Bonchev–Trinajstić information content (AvgIpc) is 3.30. The van der Waals surface area contributed by atoms with Gasteiger partial charge in [0.2, 0.25) is 0 Å². The molecule has 1 aromatic heterocycles. The van der Waals surface area contributed by atoms with Gasteiger partial charge in [-0.05, 0) is 29.3 Å². The molecular formula is C24H20N4O2. The number of carbonyl (C=O) groups is 1. The van der Waals surface area contributed by atoms with Crippen LogP contribution in [0.15, 0.2) is 90.0 Å². The molecule has 0 aliphatic heterocycles. The Hall–Kier alpha value is -4.19. The zero-order chi connectivity index (χ0) is 20.8. The fourth-order valence-corrected chi connectivity index (χ4v) is 3.04. The normalized spacial score (nSPS) is 10.8. The van der Waals surface area contributed by atoms with Gasteiger partial charge in [0.15, 0.2) is 0 Å². The van der Waals surface area contributed by atoms with Crippen molar-refractivity contribution >= 4 is 12.1 Å². The molecule has 1 heterocycles. The molecule has 0 atom stereocenters.